The second-order valence-corrected chi connectivity index (χ2v) is 6.00. The van der Waals surface area contributed by atoms with Gasteiger partial charge in [0.25, 0.3) is 0 Å². The fourth-order valence-corrected chi connectivity index (χ4v) is 2.85. The van der Waals surface area contributed by atoms with E-state index in [0.29, 0.717) is 0 Å². The van der Waals surface area contributed by atoms with E-state index in [4.69, 9.17) is 9.84 Å². The molecule has 0 atom stereocenters. The van der Waals surface area contributed by atoms with Crippen molar-refractivity contribution in [2.24, 2.45) is 0 Å². The van der Waals surface area contributed by atoms with Crippen LogP contribution in [-0.4, -0.2) is 21.0 Å². The monoisotopic (exact) mass is 575 g/mol. The molecule has 1 radical (unpaired) electrons. The molecule has 3 heterocycles. The third-order valence-electron chi connectivity index (χ3n) is 4.11. The largest absolute Gasteiger partial charge is 0.513 e. The Morgan fingerprint density at radius 3 is 2.23 bits per heavy atom. The molecule has 0 fully saturated rings. The molecule has 151 valence electrons. The summed E-state index contributed by atoms with van der Waals surface area (Å²) in [7, 11) is 0. The molecule has 0 saturated carbocycles. The number of nitrogens with zero attached hydrogens (tertiary/aromatic N) is 3. The molecule has 6 nitrogen and oxygen atoms in total. The summed E-state index contributed by atoms with van der Waals surface area (Å²) in [6.07, 6.45) is 3.24. The zero-order valence-corrected chi connectivity index (χ0v) is 18.0. The molecule has 0 saturated heterocycles. The van der Waals surface area contributed by atoms with E-state index in [0.717, 1.165) is 28.7 Å². The van der Waals surface area contributed by atoms with Crippen LogP contribution in [0.4, 0.5) is 17.2 Å². The van der Waals surface area contributed by atoms with Crippen LogP contribution in [0.25, 0.3) is 0 Å². The maximum absolute atomic E-state index is 10.1. The van der Waals surface area contributed by atoms with Gasteiger partial charge in [0.05, 0.1) is 5.69 Å². The number of hydrogen-bond donors (Lipinski definition) is 1. The van der Waals surface area contributed by atoms with Crippen LogP contribution in [0.15, 0.2) is 91.3 Å². The predicted octanol–water partition coefficient (Wildman–Crippen LogP) is 5.23. The number of hydrogen-bond acceptors (Lipinski definition) is 5. The maximum atomic E-state index is 10.1. The Kier molecular flexibility index (Phi) is 6.90. The van der Waals surface area contributed by atoms with Gasteiger partial charge in [-0.2, -0.15) is 18.2 Å². The van der Waals surface area contributed by atoms with Gasteiger partial charge in [-0.3, -0.25) is 0 Å². The van der Waals surface area contributed by atoms with Crippen molar-refractivity contribution < 1.29 is 34.7 Å². The first-order chi connectivity index (χ1) is 14.2. The minimum absolute atomic E-state index is 0. The Balaban J connectivity index is 0.000000218. The van der Waals surface area contributed by atoms with Crippen LogP contribution in [0.1, 0.15) is 10.5 Å². The number of pyridine rings is 2. The first-order valence-electron chi connectivity index (χ1n) is 8.87. The summed E-state index contributed by atoms with van der Waals surface area (Å²) < 4.78 is 5.93. The third-order valence-corrected chi connectivity index (χ3v) is 4.11. The van der Waals surface area contributed by atoms with Crippen molar-refractivity contribution in [3.63, 3.8) is 0 Å². The van der Waals surface area contributed by atoms with Crippen LogP contribution in [0.5, 0.6) is 11.5 Å². The van der Waals surface area contributed by atoms with E-state index >= 15 is 0 Å². The number of aromatic carboxylic acids is 1. The summed E-state index contributed by atoms with van der Waals surface area (Å²) in [4.78, 5) is 20.2. The number of aromatic nitrogens is 2. The first-order valence-corrected chi connectivity index (χ1v) is 8.87. The van der Waals surface area contributed by atoms with Crippen molar-refractivity contribution in [2.45, 2.75) is 0 Å². The number of carboxylic acid groups (broad SMARTS) is 1. The zero-order valence-electron chi connectivity index (χ0n) is 15.6. The van der Waals surface area contributed by atoms with Crippen LogP contribution in [-0.2, 0) is 20.1 Å². The summed E-state index contributed by atoms with van der Waals surface area (Å²) in [6.45, 7) is 0. The van der Waals surface area contributed by atoms with Crippen molar-refractivity contribution in [3.8, 4) is 11.5 Å². The molecular weight excluding hydrogens is 558 g/mol. The number of benzene rings is 2. The molecule has 7 heteroatoms. The third kappa shape index (κ3) is 4.54. The standard InChI is InChI=1S/C17H11N2O.C6H5NO2.Ir/c1-3-9-15-13(7-1)19(17-11-5-6-12-18-17)14-8-2-4-10-16(14)20-15;8-6(9)5-3-1-2-4-7-5;/h1-7,9-12H;1-4H,(H,8,9);/q-1;;. The summed E-state index contributed by atoms with van der Waals surface area (Å²) in [5, 5.41) is 8.32. The van der Waals surface area contributed by atoms with Crippen molar-refractivity contribution >= 4 is 23.2 Å². The van der Waals surface area contributed by atoms with Crippen molar-refractivity contribution in [1.29, 1.82) is 0 Å². The van der Waals surface area contributed by atoms with Gasteiger partial charge in [-0.05, 0) is 42.1 Å². The van der Waals surface area contributed by atoms with Gasteiger partial charge in [-0.1, -0.05) is 24.3 Å². The number of ether oxygens (including phenoxy) is 1. The van der Waals surface area contributed by atoms with Gasteiger partial charge in [0.15, 0.2) is 0 Å². The van der Waals surface area contributed by atoms with E-state index in [1.165, 1.54) is 12.3 Å². The Bertz CT molecular complexity index is 1080. The normalized spacial score (nSPS) is 10.9. The van der Waals surface area contributed by atoms with E-state index in [9.17, 15) is 4.79 Å². The Hall–Kier alpha value is -3.54. The molecule has 0 amide bonds. The van der Waals surface area contributed by atoms with Crippen LogP contribution in [0.3, 0.4) is 0 Å². The molecule has 5 rings (SSSR count). The van der Waals surface area contributed by atoms with Crippen molar-refractivity contribution in [1.82, 2.24) is 9.97 Å². The zero-order chi connectivity index (χ0) is 20.1. The molecule has 0 unspecified atom stereocenters. The van der Waals surface area contributed by atoms with Gasteiger partial charge >= 0.3 is 5.97 Å². The molecule has 2 aromatic heterocycles. The Morgan fingerprint density at radius 1 is 0.867 bits per heavy atom. The second kappa shape index (κ2) is 9.78. The number of fused-ring (bicyclic) bond motifs is 2. The maximum Gasteiger partial charge on any atom is 0.354 e. The fourth-order valence-electron chi connectivity index (χ4n) is 2.85. The van der Waals surface area contributed by atoms with Crippen LogP contribution in [0.2, 0.25) is 0 Å². The van der Waals surface area contributed by atoms with Crippen LogP contribution < -0.4 is 9.64 Å². The smallest absolute Gasteiger partial charge is 0.354 e. The molecular formula is C23H16IrN3O3-. The van der Waals surface area contributed by atoms with E-state index in [1.807, 2.05) is 60.7 Å². The average molecular weight is 575 g/mol. The van der Waals surface area contributed by atoms with E-state index in [2.05, 4.69) is 20.9 Å². The summed E-state index contributed by atoms with van der Waals surface area (Å²) >= 11 is 0. The number of carbonyl (C=O) groups is 1. The molecule has 0 bridgehead atoms. The molecule has 2 aromatic carbocycles. The van der Waals surface area contributed by atoms with Gasteiger partial charge in [0, 0.05) is 38.2 Å². The number of anilines is 3. The van der Waals surface area contributed by atoms with E-state index < -0.39 is 5.97 Å². The van der Waals surface area contributed by atoms with Gasteiger partial charge in [0.2, 0.25) is 0 Å². The molecule has 30 heavy (non-hydrogen) atoms. The fraction of sp³-hybridized carbons (Fsp3) is 0. The topological polar surface area (TPSA) is 75.5 Å². The van der Waals surface area contributed by atoms with Crippen molar-refractivity contribution in [2.75, 3.05) is 4.90 Å². The van der Waals surface area contributed by atoms with Crippen molar-refractivity contribution in [3.05, 3.63) is 103 Å². The molecule has 1 aliphatic rings. The summed E-state index contributed by atoms with van der Waals surface area (Å²) in [5.74, 6) is 1.48. The minimum atomic E-state index is -0.990. The van der Waals surface area contributed by atoms with Gasteiger partial charge in [-0.25, -0.2) is 14.8 Å². The van der Waals surface area contributed by atoms with Crippen LogP contribution >= 0.6 is 0 Å². The van der Waals surface area contributed by atoms with E-state index in [-0.39, 0.29) is 25.8 Å². The summed E-state index contributed by atoms with van der Waals surface area (Å²) in [6, 6.07) is 27.5. The minimum Gasteiger partial charge on any atom is -0.513 e. The summed E-state index contributed by atoms with van der Waals surface area (Å²) in [5.41, 5.74) is 1.93. The number of para-hydroxylation sites is 3. The SMILES string of the molecule is O=C(O)c1ccccn1.[Ir].[c-]1cccc2c1N(c1ccccn1)c1ccccc1O2. The number of rotatable bonds is 2. The van der Waals surface area contributed by atoms with E-state index in [1.54, 1.807) is 18.3 Å². The van der Waals surface area contributed by atoms with Crippen LogP contribution in [0, 0.1) is 6.07 Å². The molecule has 1 aliphatic heterocycles. The van der Waals surface area contributed by atoms with Gasteiger partial charge < -0.3 is 14.7 Å². The predicted molar refractivity (Wildman–Crippen MR) is 109 cm³/mol. The molecule has 0 spiro atoms. The Morgan fingerprint density at radius 2 is 1.57 bits per heavy atom. The quantitative estimate of drug-likeness (QED) is 0.291. The molecule has 4 aromatic rings. The average Bonchev–Trinajstić information content (AvgIpc) is 2.79. The molecule has 0 aliphatic carbocycles. The molecule has 1 N–H and O–H groups in total. The van der Waals surface area contributed by atoms with Gasteiger partial charge in [0.1, 0.15) is 17.3 Å². The van der Waals surface area contributed by atoms with Gasteiger partial charge in [-0.15, -0.1) is 6.07 Å². The Labute approximate surface area is 187 Å². The number of carboxylic acids is 1. The second-order valence-electron chi connectivity index (χ2n) is 6.00. The first kappa shape index (κ1) is 21.2.